The predicted molar refractivity (Wildman–Crippen MR) is 56.0 cm³/mol. The lowest BCUT2D eigenvalue weighted by molar-refractivity contribution is 0.555. The van der Waals surface area contributed by atoms with Gasteiger partial charge in [-0.2, -0.15) is 5.10 Å². The zero-order valence-electron chi connectivity index (χ0n) is 9.22. The first kappa shape index (κ1) is 10.3. The Morgan fingerprint density at radius 1 is 1.23 bits per heavy atom. The first-order valence-electron chi connectivity index (χ1n) is 5.23. The molecule has 2 nitrogen and oxygen atoms in total. The van der Waals surface area contributed by atoms with Gasteiger partial charge in [-0.15, -0.1) is 0 Å². The lowest BCUT2D eigenvalue weighted by Gasteiger charge is -2.02. The minimum absolute atomic E-state index is 1.07. The Bertz CT molecular complexity index is 274. The molecule has 0 saturated carbocycles. The summed E-state index contributed by atoms with van der Waals surface area (Å²) in [7, 11) is 0. The Morgan fingerprint density at radius 3 is 2.38 bits per heavy atom. The van der Waals surface area contributed by atoms with Gasteiger partial charge in [0, 0.05) is 12.2 Å². The van der Waals surface area contributed by atoms with Crippen LogP contribution in [-0.2, 0) is 13.0 Å². The summed E-state index contributed by atoms with van der Waals surface area (Å²) in [6.07, 6.45) is 3.56. The van der Waals surface area contributed by atoms with Crippen LogP contribution >= 0.6 is 0 Å². The van der Waals surface area contributed by atoms with E-state index in [9.17, 15) is 0 Å². The summed E-state index contributed by atoms with van der Waals surface area (Å²) < 4.78 is 2.15. The van der Waals surface area contributed by atoms with E-state index >= 15 is 0 Å². The van der Waals surface area contributed by atoms with Crippen molar-refractivity contribution in [1.82, 2.24) is 9.78 Å². The molecule has 0 aliphatic rings. The van der Waals surface area contributed by atoms with Gasteiger partial charge in [-0.1, -0.05) is 20.3 Å². The molecule has 13 heavy (non-hydrogen) atoms. The van der Waals surface area contributed by atoms with Crippen LogP contribution in [0.25, 0.3) is 0 Å². The van der Waals surface area contributed by atoms with E-state index in [1.165, 1.54) is 29.8 Å². The average molecular weight is 180 g/mol. The van der Waals surface area contributed by atoms with Crippen molar-refractivity contribution in [3.05, 3.63) is 17.0 Å². The van der Waals surface area contributed by atoms with Crippen molar-refractivity contribution in [2.24, 2.45) is 0 Å². The van der Waals surface area contributed by atoms with Crippen molar-refractivity contribution >= 4 is 0 Å². The summed E-state index contributed by atoms with van der Waals surface area (Å²) in [5.74, 6) is 0. The highest BCUT2D eigenvalue weighted by Gasteiger charge is 2.08. The summed E-state index contributed by atoms with van der Waals surface area (Å²) in [5.41, 5.74) is 3.99. The highest BCUT2D eigenvalue weighted by Crippen LogP contribution is 2.13. The van der Waals surface area contributed by atoms with Crippen LogP contribution in [0.4, 0.5) is 0 Å². The summed E-state index contributed by atoms with van der Waals surface area (Å²) >= 11 is 0. The monoisotopic (exact) mass is 180 g/mol. The van der Waals surface area contributed by atoms with Gasteiger partial charge in [0.15, 0.2) is 0 Å². The fraction of sp³-hybridized carbons (Fsp3) is 0.727. The molecule has 0 fully saturated rings. The van der Waals surface area contributed by atoms with E-state index in [0.29, 0.717) is 0 Å². The van der Waals surface area contributed by atoms with Crippen LogP contribution in [0.1, 0.15) is 43.6 Å². The Hall–Kier alpha value is -0.790. The molecule has 0 saturated heterocycles. The summed E-state index contributed by atoms with van der Waals surface area (Å²) in [6.45, 7) is 9.76. The Morgan fingerprint density at radius 2 is 1.92 bits per heavy atom. The Labute approximate surface area is 81.0 Å². The number of nitrogens with zero attached hydrogens (tertiary/aromatic N) is 2. The fourth-order valence-corrected chi connectivity index (χ4v) is 1.77. The van der Waals surface area contributed by atoms with Gasteiger partial charge in [-0.25, -0.2) is 0 Å². The Balaban J connectivity index is 2.83. The van der Waals surface area contributed by atoms with E-state index in [0.717, 1.165) is 13.0 Å². The van der Waals surface area contributed by atoms with Crippen LogP contribution in [0.15, 0.2) is 0 Å². The van der Waals surface area contributed by atoms with Crippen LogP contribution in [0, 0.1) is 13.8 Å². The molecule has 0 N–H and O–H groups in total. The van der Waals surface area contributed by atoms with E-state index in [1.807, 2.05) is 0 Å². The highest BCUT2D eigenvalue weighted by molar-refractivity contribution is 5.24. The number of unbranched alkanes of at least 4 members (excludes halogenated alkanes) is 1. The third-order valence-corrected chi connectivity index (χ3v) is 2.61. The largest absolute Gasteiger partial charge is 0.269 e. The molecule has 0 aliphatic heterocycles. The van der Waals surface area contributed by atoms with Crippen LogP contribution < -0.4 is 0 Å². The molecule has 74 valence electrons. The standard InChI is InChI=1S/C11H20N2/c1-5-7-8-13-10(4)11(6-2)9(3)12-13/h5-8H2,1-4H3. The molecule has 0 bridgehead atoms. The smallest absolute Gasteiger partial charge is 0.0628 e. The van der Waals surface area contributed by atoms with E-state index < -0.39 is 0 Å². The number of hydrogen-bond acceptors (Lipinski definition) is 1. The second kappa shape index (κ2) is 4.45. The molecule has 0 radical (unpaired) electrons. The zero-order valence-corrected chi connectivity index (χ0v) is 9.22. The second-order valence-corrected chi connectivity index (χ2v) is 3.58. The minimum atomic E-state index is 1.07. The van der Waals surface area contributed by atoms with Crippen LogP contribution in [-0.4, -0.2) is 9.78 Å². The van der Waals surface area contributed by atoms with Gasteiger partial charge < -0.3 is 0 Å². The van der Waals surface area contributed by atoms with Crippen molar-refractivity contribution in [3.63, 3.8) is 0 Å². The SMILES string of the molecule is CCCCn1nc(C)c(CC)c1C. The van der Waals surface area contributed by atoms with Crippen LogP contribution in [0.2, 0.25) is 0 Å². The molecule has 1 rings (SSSR count). The van der Waals surface area contributed by atoms with Crippen molar-refractivity contribution in [2.45, 2.75) is 53.5 Å². The van der Waals surface area contributed by atoms with E-state index in [4.69, 9.17) is 0 Å². The molecule has 0 atom stereocenters. The summed E-state index contributed by atoms with van der Waals surface area (Å²) in [4.78, 5) is 0. The van der Waals surface area contributed by atoms with Crippen LogP contribution in [0.3, 0.4) is 0 Å². The van der Waals surface area contributed by atoms with Gasteiger partial charge in [-0.05, 0) is 32.3 Å². The maximum absolute atomic E-state index is 4.54. The van der Waals surface area contributed by atoms with Gasteiger partial charge in [0.2, 0.25) is 0 Å². The number of aromatic nitrogens is 2. The van der Waals surface area contributed by atoms with Gasteiger partial charge in [0.1, 0.15) is 0 Å². The summed E-state index contributed by atoms with van der Waals surface area (Å²) in [5, 5.41) is 4.54. The molecule has 0 amide bonds. The minimum Gasteiger partial charge on any atom is -0.269 e. The van der Waals surface area contributed by atoms with Gasteiger partial charge in [0.05, 0.1) is 5.69 Å². The van der Waals surface area contributed by atoms with Crippen molar-refractivity contribution in [2.75, 3.05) is 0 Å². The average Bonchev–Trinajstić information content (AvgIpc) is 2.38. The third-order valence-electron chi connectivity index (χ3n) is 2.61. The van der Waals surface area contributed by atoms with Gasteiger partial charge in [0.25, 0.3) is 0 Å². The first-order valence-corrected chi connectivity index (χ1v) is 5.23. The second-order valence-electron chi connectivity index (χ2n) is 3.58. The molecule has 1 aromatic heterocycles. The van der Waals surface area contributed by atoms with Crippen molar-refractivity contribution in [1.29, 1.82) is 0 Å². The zero-order chi connectivity index (χ0) is 9.84. The van der Waals surface area contributed by atoms with E-state index in [2.05, 4.69) is 37.5 Å². The summed E-state index contributed by atoms with van der Waals surface area (Å²) in [6, 6.07) is 0. The molecular weight excluding hydrogens is 160 g/mol. The predicted octanol–water partition coefficient (Wildman–Crippen LogP) is 2.86. The maximum Gasteiger partial charge on any atom is 0.0628 e. The van der Waals surface area contributed by atoms with E-state index in [-0.39, 0.29) is 0 Å². The molecule has 0 aromatic carbocycles. The lowest BCUT2D eigenvalue weighted by atomic mass is 10.1. The number of rotatable bonds is 4. The van der Waals surface area contributed by atoms with Gasteiger partial charge in [-0.3, -0.25) is 4.68 Å². The molecule has 0 spiro atoms. The molecule has 1 aromatic rings. The number of aryl methyl sites for hydroxylation is 2. The molecule has 1 heterocycles. The lowest BCUT2D eigenvalue weighted by Crippen LogP contribution is -2.02. The first-order chi connectivity index (χ1) is 6.20. The highest BCUT2D eigenvalue weighted by atomic mass is 15.3. The molecule has 0 aliphatic carbocycles. The third kappa shape index (κ3) is 2.11. The molecule has 0 unspecified atom stereocenters. The Kier molecular flexibility index (Phi) is 3.52. The fourth-order valence-electron chi connectivity index (χ4n) is 1.77. The van der Waals surface area contributed by atoms with Crippen molar-refractivity contribution < 1.29 is 0 Å². The quantitative estimate of drug-likeness (QED) is 0.696. The van der Waals surface area contributed by atoms with Gasteiger partial charge >= 0.3 is 0 Å². The maximum atomic E-state index is 4.54. The topological polar surface area (TPSA) is 17.8 Å². The number of hydrogen-bond donors (Lipinski definition) is 0. The normalized spacial score (nSPS) is 10.8. The van der Waals surface area contributed by atoms with E-state index in [1.54, 1.807) is 0 Å². The van der Waals surface area contributed by atoms with Crippen molar-refractivity contribution in [3.8, 4) is 0 Å². The van der Waals surface area contributed by atoms with Crippen LogP contribution in [0.5, 0.6) is 0 Å². The molecular formula is C11H20N2. The molecule has 2 heteroatoms.